The molecule has 1 aliphatic rings. The van der Waals surface area contributed by atoms with Crippen molar-refractivity contribution in [3.63, 3.8) is 0 Å². The van der Waals surface area contributed by atoms with E-state index in [0.717, 1.165) is 16.8 Å². The lowest BCUT2D eigenvalue weighted by Crippen LogP contribution is -2.37. The Hall–Kier alpha value is -3.62. The van der Waals surface area contributed by atoms with Crippen LogP contribution in [0.4, 0.5) is 15.4 Å². The van der Waals surface area contributed by atoms with Crippen LogP contribution in [0.5, 0.6) is 0 Å². The molecule has 1 fully saturated rings. The summed E-state index contributed by atoms with van der Waals surface area (Å²) in [6.45, 7) is 15.1. The highest BCUT2D eigenvalue weighted by Gasteiger charge is 2.39. The minimum absolute atomic E-state index is 0.187. The number of esters is 1. The lowest BCUT2D eigenvalue weighted by atomic mass is 9.98. The fourth-order valence-corrected chi connectivity index (χ4v) is 4.41. The first-order chi connectivity index (χ1) is 18.1. The molecule has 1 saturated heterocycles. The zero-order valence-electron chi connectivity index (χ0n) is 24.3. The molecule has 0 aliphatic carbocycles. The number of nitrogens with zero attached hydrogens (tertiary/aromatic N) is 3. The molecule has 1 aliphatic heterocycles. The zero-order chi connectivity index (χ0) is 29.0. The number of pyridine rings is 1. The minimum Gasteiger partial charge on any atom is -0.460 e. The highest BCUT2D eigenvalue weighted by atomic mass is 16.6. The lowest BCUT2D eigenvalue weighted by molar-refractivity contribution is -0.147. The highest BCUT2D eigenvalue weighted by Crippen LogP contribution is 2.28. The van der Waals surface area contributed by atoms with Crippen molar-refractivity contribution in [2.45, 2.75) is 85.7 Å². The third-order valence-corrected chi connectivity index (χ3v) is 5.90. The Balaban J connectivity index is 1.89. The van der Waals surface area contributed by atoms with Gasteiger partial charge < -0.3 is 19.1 Å². The van der Waals surface area contributed by atoms with Gasteiger partial charge in [0.15, 0.2) is 0 Å². The van der Waals surface area contributed by atoms with Gasteiger partial charge in [-0.15, -0.1) is 0 Å². The number of carbonyl (C=O) groups excluding carboxylic acids is 3. The molecule has 2 atom stereocenters. The quantitative estimate of drug-likeness (QED) is 0.344. The maximum Gasteiger partial charge on any atom is 0.416 e. The van der Waals surface area contributed by atoms with Crippen molar-refractivity contribution in [1.82, 2.24) is 9.88 Å². The number of hydrogen-bond acceptors (Lipinski definition) is 7. The Labute approximate surface area is 231 Å². The summed E-state index contributed by atoms with van der Waals surface area (Å²) in [5, 5.41) is 0. The van der Waals surface area contributed by atoms with Gasteiger partial charge in [0.2, 0.25) is 0 Å². The molecule has 1 aromatic carbocycles. The summed E-state index contributed by atoms with van der Waals surface area (Å²) in [4.78, 5) is 45.8. The molecule has 212 valence electrons. The number of aryl methyl sites for hydroxylation is 1. The number of likely N-dealkylation sites (tertiary alicyclic amines) is 1. The topological polar surface area (TPSA) is 98.3 Å². The van der Waals surface area contributed by atoms with Crippen LogP contribution >= 0.6 is 0 Å². The van der Waals surface area contributed by atoms with Crippen LogP contribution in [-0.4, -0.2) is 58.4 Å². The first-order valence-electron chi connectivity index (χ1n) is 13.3. The molecule has 9 nitrogen and oxygen atoms in total. The summed E-state index contributed by atoms with van der Waals surface area (Å²) in [7, 11) is 0. The highest BCUT2D eigenvalue weighted by molar-refractivity contribution is 5.86. The Bertz CT molecular complexity index is 1170. The fourth-order valence-electron chi connectivity index (χ4n) is 4.41. The number of amides is 2. The number of rotatable bonds is 6. The third kappa shape index (κ3) is 9.26. The van der Waals surface area contributed by atoms with Gasteiger partial charge >= 0.3 is 18.2 Å². The van der Waals surface area contributed by atoms with E-state index in [1.807, 2.05) is 90.9 Å². The first kappa shape index (κ1) is 29.9. The van der Waals surface area contributed by atoms with E-state index in [-0.39, 0.29) is 19.0 Å². The molecule has 0 saturated carbocycles. The molecule has 0 bridgehead atoms. The van der Waals surface area contributed by atoms with Crippen molar-refractivity contribution in [1.29, 1.82) is 0 Å². The summed E-state index contributed by atoms with van der Waals surface area (Å²) in [6.07, 6.45) is -0.990. The molecule has 3 rings (SSSR count). The van der Waals surface area contributed by atoms with Crippen LogP contribution in [0.2, 0.25) is 0 Å². The second-order valence-electron chi connectivity index (χ2n) is 12.0. The van der Waals surface area contributed by atoms with E-state index in [1.54, 1.807) is 4.90 Å². The number of anilines is 1. The van der Waals surface area contributed by atoms with Gasteiger partial charge in [-0.25, -0.2) is 14.6 Å². The minimum atomic E-state index is -0.676. The van der Waals surface area contributed by atoms with Gasteiger partial charge in [-0.2, -0.15) is 0 Å². The van der Waals surface area contributed by atoms with E-state index in [9.17, 15) is 14.4 Å². The third-order valence-electron chi connectivity index (χ3n) is 5.90. The van der Waals surface area contributed by atoms with Crippen LogP contribution in [0.1, 0.15) is 65.3 Å². The molecular formula is C30H41N3O6. The molecule has 2 heterocycles. The van der Waals surface area contributed by atoms with Crippen molar-refractivity contribution < 1.29 is 28.6 Å². The predicted octanol–water partition coefficient (Wildman–Crippen LogP) is 5.67. The van der Waals surface area contributed by atoms with Crippen LogP contribution in [0.3, 0.4) is 0 Å². The second kappa shape index (κ2) is 12.1. The maximum atomic E-state index is 13.3. The van der Waals surface area contributed by atoms with Crippen LogP contribution < -0.4 is 4.90 Å². The average Bonchev–Trinajstić information content (AvgIpc) is 3.17. The summed E-state index contributed by atoms with van der Waals surface area (Å²) in [5.74, 6) is -0.130. The van der Waals surface area contributed by atoms with Gasteiger partial charge in [-0.1, -0.05) is 30.3 Å². The monoisotopic (exact) mass is 539 g/mol. The van der Waals surface area contributed by atoms with E-state index < -0.39 is 35.5 Å². The summed E-state index contributed by atoms with van der Waals surface area (Å²) in [6, 6.07) is 13.4. The molecule has 2 amide bonds. The van der Waals surface area contributed by atoms with E-state index in [2.05, 4.69) is 0 Å². The second-order valence-corrected chi connectivity index (χ2v) is 12.0. The van der Waals surface area contributed by atoms with Crippen molar-refractivity contribution in [3.05, 3.63) is 59.3 Å². The Morgan fingerprint density at radius 3 is 2.21 bits per heavy atom. The van der Waals surface area contributed by atoms with Crippen molar-refractivity contribution >= 4 is 24.0 Å². The van der Waals surface area contributed by atoms with Gasteiger partial charge in [0, 0.05) is 25.1 Å². The van der Waals surface area contributed by atoms with Gasteiger partial charge in [-0.05, 0) is 78.1 Å². The predicted molar refractivity (Wildman–Crippen MR) is 148 cm³/mol. The van der Waals surface area contributed by atoms with Crippen molar-refractivity contribution in [2.75, 3.05) is 18.0 Å². The van der Waals surface area contributed by atoms with Gasteiger partial charge in [0.25, 0.3) is 0 Å². The van der Waals surface area contributed by atoms with Crippen LogP contribution in [0.15, 0.2) is 42.5 Å². The summed E-state index contributed by atoms with van der Waals surface area (Å²) in [5.41, 5.74) is 1.27. The van der Waals surface area contributed by atoms with E-state index in [4.69, 9.17) is 19.2 Å². The molecular weight excluding hydrogens is 498 g/mol. The standard InChI is InChI=1S/C30H41N3O6/c1-20-14-24(16-23-18-32(19-25(23)37-21(2)34)27(35)38-29(3,4)5)31-26(15-20)33(28(36)39-30(6,7)8)17-22-12-10-9-11-13-22/h9-15,23,25H,16-19H2,1-8H3/t23-,25-/m0/s1. The number of aromatic nitrogens is 1. The van der Waals surface area contributed by atoms with Gasteiger partial charge in [0.05, 0.1) is 13.1 Å². The normalized spacial score (nSPS) is 17.5. The maximum absolute atomic E-state index is 13.3. The van der Waals surface area contributed by atoms with Crippen LogP contribution in [0.25, 0.3) is 0 Å². The Morgan fingerprint density at radius 1 is 0.974 bits per heavy atom. The van der Waals surface area contributed by atoms with Crippen LogP contribution in [0, 0.1) is 12.8 Å². The van der Waals surface area contributed by atoms with E-state index in [1.165, 1.54) is 11.8 Å². The SMILES string of the molecule is CC(=O)O[C@H]1CN(C(=O)OC(C)(C)C)C[C@@H]1Cc1cc(C)cc(N(Cc2ccccc2)C(=O)OC(C)(C)C)n1. The average molecular weight is 540 g/mol. The van der Waals surface area contributed by atoms with Gasteiger partial charge in [-0.3, -0.25) is 9.69 Å². The molecule has 39 heavy (non-hydrogen) atoms. The van der Waals surface area contributed by atoms with E-state index >= 15 is 0 Å². The molecule has 1 aromatic heterocycles. The summed E-state index contributed by atoms with van der Waals surface area (Å²) < 4.78 is 16.8. The molecule has 0 spiro atoms. The molecule has 0 radical (unpaired) electrons. The van der Waals surface area contributed by atoms with Gasteiger partial charge in [0.1, 0.15) is 23.1 Å². The largest absolute Gasteiger partial charge is 0.460 e. The molecule has 9 heteroatoms. The molecule has 0 N–H and O–H groups in total. The first-order valence-corrected chi connectivity index (χ1v) is 13.3. The Morgan fingerprint density at radius 2 is 1.62 bits per heavy atom. The number of ether oxygens (including phenoxy) is 3. The van der Waals surface area contributed by atoms with Crippen LogP contribution in [-0.2, 0) is 32.0 Å². The van der Waals surface area contributed by atoms with E-state index in [0.29, 0.717) is 18.8 Å². The van der Waals surface area contributed by atoms with Crippen molar-refractivity contribution in [3.8, 4) is 0 Å². The Kier molecular flexibility index (Phi) is 9.25. The number of hydrogen-bond donors (Lipinski definition) is 0. The molecule has 0 unspecified atom stereocenters. The smallest absolute Gasteiger partial charge is 0.416 e. The fraction of sp³-hybridized carbons (Fsp3) is 0.533. The number of benzene rings is 1. The lowest BCUT2D eigenvalue weighted by Gasteiger charge is -2.27. The zero-order valence-corrected chi connectivity index (χ0v) is 24.3. The number of carbonyl (C=O) groups is 3. The summed E-state index contributed by atoms with van der Waals surface area (Å²) >= 11 is 0. The van der Waals surface area contributed by atoms with Crippen molar-refractivity contribution in [2.24, 2.45) is 5.92 Å². The molecule has 2 aromatic rings.